The van der Waals surface area contributed by atoms with Crippen LogP contribution in [-0.2, 0) is 9.36 Å². The van der Waals surface area contributed by atoms with Gasteiger partial charge in [-0.3, -0.25) is 14.2 Å². The SMILES string of the molecule is O=C(N[C@@H](CP(=O)(O)O)C(=O)N1CCN(C(=O)O)CC1)c1csc(-c2ccc(F)cc2)n1. The van der Waals surface area contributed by atoms with Gasteiger partial charge in [-0.05, 0) is 24.3 Å². The second kappa shape index (κ2) is 9.74. The molecule has 1 aliphatic heterocycles. The van der Waals surface area contributed by atoms with Gasteiger partial charge in [0.2, 0.25) is 5.91 Å². The summed E-state index contributed by atoms with van der Waals surface area (Å²) < 4.78 is 24.6. The monoisotopic (exact) mass is 486 g/mol. The molecule has 3 amide bonds. The summed E-state index contributed by atoms with van der Waals surface area (Å²) in [7, 11) is -4.67. The summed E-state index contributed by atoms with van der Waals surface area (Å²) in [4.78, 5) is 61.7. The quantitative estimate of drug-likeness (QED) is 0.441. The number of thiazole rings is 1. The lowest BCUT2D eigenvalue weighted by Crippen LogP contribution is -2.56. The maximum absolute atomic E-state index is 13.1. The summed E-state index contributed by atoms with van der Waals surface area (Å²) in [5, 5.41) is 13.2. The molecule has 0 unspecified atom stereocenters. The van der Waals surface area contributed by atoms with E-state index in [1.54, 1.807) is 0 Å². The highest BCUT2D eigenvalue weighted by Gasteiger charge is 2.34. The zero-order chi connectivity index (χ0) is 23.5. The minimum atomic E-state index is -4.67. The van der Waals surface area contributed by atoms with Crippen molar-refractivity contribution in [3.05, 3.63) is 41.2 Å². The fourth-order valence-electron chi connectivity index (χ4n) is 3.10. The molecule has 0 aliphatic carbocycles. The predicted molar refractivity (Wildman–Crippen MR) is 112 cm³/mol. The van der Waals surface area contributed by atoms with Crippen molar-refractivity contribution in [1.29, 1.82) is 0 Å². The minimum Gasteiger partial charge on any atom is -0.465 e. The van der Waals surface area contributed by atoms with E-state index in [1.807, 2.05) is 0 Å². The summed E-state index contributed by atoms with van der Waals surface area (Å²) in [6, 6.07) is 3.96. The Morgan fingerprint density at radius 1 is 1.12 bits per heavy atom. The van der Waals surface area contributed by atoms with Crippen LogP contribution in [0.5, 0.6) is 0 Å². The normalized spacial score (nSPS) is 15.3. The van der Waals surface area contributed by atoms with Crippen LogP contribution in [0.15, 0.2) is 29.6 Å². The van der Waals surface area contributed by atoms with Crippen LogP contribution in [0.25, 0.3) is 10.6 Å². The zero-order valence-corrected chi connectivity index (χ0v) is 18.3. The number of carboxylic acid groups (broad SMARTS) is 1. The molecule has 11 nitrogen and oxygen atoms in total. The van der Waals surface area contributed by atoms with Crippen LogP contribution >= 0.6 is 18.9 Å². The maximum Gasteiger partial charge on any atom is 0.407 e. The molecule has 1 aromatic heterocycles. The van der Waals surface area contributed by atoms with Gasteiger partial charge in [0.25, 0.3) is 5.91 Å². The lowest BCUT2D eigenvalue weighted by molar-refractivity contribution is -0.134. The largest absolute Gasteiger partial charge is 0.465 e. The minimum absolute atomic E-state index is 0.0318. The van der Waals surface area contributed by atoms with Crippen molar-refractivity contribution < 1.29 is 38.2 Å². The molecule has 1 saturated heterocycles. The molecule has 0 spiro atoms. The average Bonchev–Trinajstić information content (AvgIpc) is 3.23. The molecule has 1 atom stereocenters. The first-order chi connectivity index (χ1) is 15.0. The highest BCUT2D eigenvalue weighted by atomic mass is 32.1. The Bertz CT molecular complexity index is 1050. The highest BCUT2D eigenvalue weighted by Crippen LogP contribution is 2.35. The van der Waals surface area contributed by atoms with E-state index in [4.69, 9.17) is 5.11 Å². The molecule has 0 radical (unpaired) electrons. The van der Waals surface area contributed by atoms with Gasteiger partial charge in [-0.15, -0.1) is 11.3 Å². The van der Waals surface area contributed by atoms with Crippen molar-refractivity contribution in [2.24, 2.45) is 0 Å². The Labute approximate surface area is 185 Å². The van der Waals surface area contributed by atoms with Crippen LogP contribution in [-0.4, -0.2) is 86.0 Å². The third-order valence-electron chi connectivity index (χ3n) is 4.71. The number of aromatic nitrogens is 1. The molecular weight excluding hydrogens is 466 g/mol. The number of benzene rings is 1. The zero-order valence-electron chi connectivity index (χ0n) is 16.5. The Morgan fingerprint density at radius 2 is 1.72 bits per heavy atom. The van der Waals surface area contributed by atoms with Crippen molar-refractivity contribution >= 4 is 36.8 Å². The van der Waals surface area contributed by atoms with Crippen molar-refractivity contribution in [2.45, 2.75) is 6.04 Å². The van der Waals surface area contributed by atoms with Crippen molar-refractivity contribution in [3.63, 3.8) is 0 Å². The first-order valence-corrected chi connectivity index (χ1v) is 12.0. The van der Waals surface area contributed by atoms with Gasteiger partial charge in [0.05, 0.1) is 6.16 Å². The second-order valence-corrected chi connectivity index (χ2v) is 9.57. The molecule has 32 heavy (non-hydrogen) atoms. The van der Waals surface area contributed by atoms with Crippen LogP contribution in [0.4, 0.5) is 9.18 Å². The van der Waals surface area contributed by atoms with Gasteiger partial charge in [-0.25, -0.2) is 14.2 Å². The highest BCUT2D eigenvalue weighted by molar-refractivity contribution is 7.51. The van der Waals surface area contributed by atoms with Gasteiger partial charge in [0.1, 0.15) is 22.6 Å². The smallest absolute Gasteiger partial charge is 0.407 e. The number of carbonyl (C=O) groups is 3. The maximum atomic E-state index is 13.1. The summed E-state index contributed by atoms with van der Waals surface area (Å²) in [6.07, 6.45) is -2.04. The average molecular weight is 486 g/mol. The standard InChI is InChI=1S/C18H20FN4O7PS/c19-12-3-1-11(2-4-12)16-21-14(10-32-16)15(24)20-13(9-31(28,29)30)17(25)22-5-7-23(8-6-22)18(26)27/h1-4,10,13H,5-9H2,(H,20,24)(H,26,27)(H2,28,29,30)/t13-/m0/s1. The van der Waals surface area contributed by atoms with E-state index < -0.39 is 43.5 Å². The number of nitrogens with one attached hydrogen (secondary N) is 1. The summed E-state index contributed by atoms with van der Waals surface area (Å²) >= 11 is 1.11. The number of carbonyl (C=O) groups excluding carboxylic acids is 2. The number of hydrogen-bond donors (Lipinski definition) is 4. The molecule has 172 valence electrons. The lowest BCUT2D eigenvalue weighted by Gasteiger charge is -2.35. The number of halogens is 1. The van der Waals surface area contributed by atoms with E-state index in [0.717, 1.165) is 16.2 Å². The van der Waals surface area contributed by atoms with Crippen molar-refractivity contribution in [1.82, 2.24) is 20.1 Å². The Hall–Kier alpha value is -2.86. The van der Waals surface area contributed by atoms with Crippen LogP contribution in [0.2, 0.25) is 0 Å². The second-order valence-electron chi connectivity index (χ2n) is 7.01. The van der Waals surface area contributed by atoms with Gasteiger partial charge in [-0.2, -0.15) is 0 Å². The molecule has 0 bridgehead atoms. The molecule has 4 N–H and O–H groups in total. The third kappa shape index (κ3) is 6.10. The topological polar surface area (TPSA) is 160 Å². The predicted octanol–water partition coefficient (Wildman–Crippen LogP) is 1.05. The third-order valence-corrected chi connectivity index (χ3v) is 6.45. The van der Waals surface area contributed by atoms with E-state index in [2.05, 4.69) is 10.3 Å². The molecule has 3 rings (SSSR count). The molecule has 1 aliphatic rings. The van der Waals surface area contributed by atoms with E-state index in [-0.39, 0.29) is 31.9 Å². The van der Waals surface area contributed by atoms with Gasteiger partial charge in [0, 0.05) is 37.1 Å². The Kier molecular flexibility index (Phi) is 7.24. The summed E-state index contributed by atoms with van der Waals surface area (Å²) in [5.41, 5.74) is 0.517. The Balaban J connectivity index is 1.72. The van der Waals surface area contributed by atoms with Crippen LogP contribution in [0.1, 0.15) is 10.5 Å². The van der Waals surface area contributed by atoms with Crippen LogP contribution < -0.4 is 5.32 Å². The molecule has 0 saturated carbocycles. The van der Waals surface area contributed by atoms with Gasteiger partial charge < -0.3 is 30.0 Å². The van der Waals surface area contributed by atoms with Crippen molar-refractivity contribution in [3.8, 4) is 10.6 Å². The first kappa shape index (κ1) is 23.8. The first-order valence-electron chi connectivity index (χ1n) is 9.37. The van der Waals surface area contributed by atoms with Gasteiger partial charge in [0.15, 0.2) is 0 Å². The van der Waals surface area contributed by atoms with Gasteiger partial charge in [-0.1, -0.05) is 0 Å². The fraction of sp³-hybridized carbons (Fsp3) is 0.333. The molecule has 14 heteroatoms. The lowest BCUT2D eigenvalue weighted by atomic mass is 10.2. The molecular formula is C18H20FN4O7PS. The number of piperazine rings is 1. The molecule has 2 aromatic rings. The number of amides is 3. The van der Waals surface area contributed by atoms with Gasteiger partial charge >= 0.3 is 13.7 Å². The van der Waals surface area contributed by atoms with E-state index in [1.165, 1.54) is 34.5 Å². The van der Waals surface area contributed by atoms with Crippen LogP contribution in [0.3, 0.4) is 0 Å². The van der Waals surface area contributed by atoms with E-state index >= 15 is 0 Å². The van der Waals surface area contributed by atoms with Crippen molar-refractivity contribution in [2.75, 3.05) is 32.3 Å². The summed E-state index contributed by atoms with van der Waals surface area (Å²) in [5.74, 6) is -1.95. The molecule has 1 fully saturated rings. The summed E-state index contributed by atoms with van der Waals surface area (Å²) in [6.45, 7) is 0.156. The fourth-order valence-corrected chi connectivity index (χ4v) is 4.63. The molecule has 2 heterocycles. The van der Waals surface area contributed by atoms with Crippen LogP contribution in [0, 0.1) is 5.82 Å². The van der Waals surface area contributed by atoms with E-state index in [0.29, 0.717) is 10.6 Å². The number of nitrogens with zero attached hydrogens (tertiary/aromatic N) is 3. The number of rotatable bonds is 6. The number of hydrogen-bond acceptors (Lipinski definition) is 6. The molecule has 1 aromatic carbocycles. The Morgan fingerprint density at radius 3 is 2.28 bits per heavy atom. The van der Waals surface area contributed by atoms with E-state index in [9.17, 15) is 33.1 Å².